The lowest BCUT2D eigenvalue weighted by molar-refractivity contribution is -0.111. The van der Waals surface area contributed by atoms with Gasteiger partial charge in [-0.2, -0.15) is 0 Å². The fourth-order valence-corrected chi connectivity index (χ4v) is 2.87. The van der Waals surface area contributed by atoms with Crippen LogP contribution in [-0.2, 0) is 4.79 Å². The molecule has 0 saturated heterocycles. The van der Waals surface area contributed by atoms with Gasteiger partial charge in [0.2, 0.25) is 5.91 Å². The summed E-state index contributed by atoms with van der Waals surface area (Å²) in [6, 6.07) is 13.1. The average molecular weight is 426 g/mol. The lowest BCUT2D eigenvalue weighted by Gasteiger charge is -2.12. The smallest absolute Gasteiger partial charge is 0.248 e. The standard InChI is InChI=1S/C26H35NO4/c1-4-7-9-19-30-23-14-12-22(13-15-23)27-26(28)17-11-21-10-16-24(31-18-8-5-2)25(20-21)29-6-3/h10-17,20H,4-9,18-19H2,1-3H3,(H,27,28)/b17-11+. The maximum absolute atomic E-state index is 12.3. The second kappa shape index (κ2) is 14.1. The van der Waals surface area contributed by atoms with Gasteiger partial charge in [0.25, 0.3) is 0 Å². The van der Waals surface area contributed by atoms with Crippen molar-refractivity contribution in [2.45, 2.75) is 52.9 Å². The van der Waals surface area contributed by atoms with Crippen LogP contribution >= 0.6 is 0 Å². The van der Waals surface area contributed by atoms with Gasteiger partial charge in [-0.25, -0.2) is 0 Å². The van der Waals surface area contributed by atoms with Gasteiger partial charge >= 0.3 is 0 Å². The minimum atomic E-state index is -0.196. The molecule has 0 fully saturated rings. The van der Waals surface area contributed by atoms with E-state index in [1.807, 2.05) is 49.4 Å². The first-order valence-corrected chi connectivity index (χ1v) is 11.3. The lowest BCUT2D eigenvalue weighted by atomic mass is 10.2. The zero-order valence-corrected chi connectivity index (χ0v) is 19.0. The highest BCUT2D eigenvalue weighted by Crippen LogP contribution is 2.29. The Labute approximate surface area is 186 Å². The Morgan fingerprint density at radius 2 is 1.58 bits per heavy atom. The Kier molecular flexibility index (Phi) is 11.1. The van der Waals surface area contributed by atoms with Crippen molar-refractivity contribution in [2.24, 2.45) is 0 Å². The molecule has 0 heterocycles. The summed E-state index contributed by atoms with van der Waals surface area (Å²) < 4.78 is 17.2. The summed E-state index contributed by atoms with van der Waals surface area (Å²) in [6.07, 6.45) is 8.74. The van der Waals surface area contributed by atoms with Crippen LogP contribution in [0.4, 0.5) is 5.69 Å². The number of hydrogen-bond acceptors (Lipinski definition) is 4. The molecular weight excluding hydrogens is 390 g/mol. The van der Waals surface area contributed by atoms with Gasteiger partial charge in [-0.1, -0.05) is 39.2 Å². The predicted octanol–water partition coefficient (Wildman–Crippen LogP) is 6.49. The van der Waals surface area contributed by atoms with Gasteiger partial charge < -0.3 is 19.5 Å². The first-order chi connectivity index (χ1) is 15.2. The van der Waals surface area contributed by atoms with Crippen LogP contribution in [0.5, 0.6) is 17.2 Å². The number of carbonyl (C=O) groups excluding carboxylic acids is 1. The van der Waals surface area contributed by atoms with Crippen molar-refractivity contribution in [1.82, 2.24) is 0 Å². The molecule has 168 valence electrons. The van der Waals surface area contributed by atoms with E-state index in [0.717, 1.165) is 42.0 Å². The SMILES string of the molecule is CCCCCOc1ccc(NC(=O)/C=C/c2ccc(OCCCC)c(OCC)c2)cc1. The Morgan fingerprint density at radius 3 is 2.29 bits per heavy atom. The van der Waals surface area contributed by atoms with Crippen LogP contribution in [0.3, 0.4) is 0 Å². The van der Waals surface area contributed by atoms with E-state index in [2.05, 4.69) is 19.2 Å². The van der Waals surface area contributed by atoms with Crippen molar-refractivity contribution in [3.63, 3.8) is 0 Å². The van der Waals surface area contributed by atoms with Crippen molar-refractivity contribution < 1.29 is 19.0 Å². The van der Waals surface area contributed by atoms with Gasteiger partial charge in [0.1, 0.15) is 5.75 Å². The van der Waals surface area contributed by atoms with E-state index in [0.29, 0.717) is 25.6 Å². The number of ether oxygens (including phenoxy) is 3. The molecule has 0 atom stereocenters. The van der Waals surface area contributed by atoms with E-state index in [9.17, 15) is 4.79 Å². The van der Waals surface area contributed by atoms with Crippen LogP contribution in [0.15, 0.2) is 48.5 Å². The normalized spacial score (nSPS) is 10.8. The average Bonchev–Trinajstić information content (AvgIpc) is 2.78. The zero-order chi connectivity index (χ0) is 22.3. The first kappa shape index (κ1) is 24.3. The molecule has 0 radical (unpaired) electrons. The van der Waals surface area contributed by atoms with Gasteiger partial charge in [0.15, 0.2) is 11.5 Å². The molecule has 2 aromatic rings. The maximum Gasteiger partial charge on any atom is 0.248 e. The number of nitrogens with one attached hydrogen (secondary N) is 1. The molecule has 0 unspecified atom stereocenters. The summed E-state index contributed by atoms with van der Waals surface area (Å²) in [5, 5.41) is 2.86. The first-order valence-electron chi connectivity index (χ1n) is 11.3. The molecule has 5 heteroatoms. The highest BCUT2D eigenvalue weighted by atomic mass is 16.5. The van der Waals surface area contributed by atoms with Crippen molar-refractivity contribution >= 4 is 17.7 Å². The van der Waals surface area contributed by atoms with Crippen molar-refractivity contribution in [3.8, 4) is 17.2 Å². The molecule has 0 aromatic heterocycles. The van der Waals surface area contributed by atoms with Crippen molar-refractivity contribution in [2.75, 3.05) is 25.1 Å². The third-order valence-electron chi connectivity index (χ3n) is 4.59. The summed E-state index contributed by atoms with van der Waals surface area (Å²) in [5.74, 6) is 2.04. The molecule has 5 nitrogen and oxygen atoms in total. The molecule has 0 saturated carbocycles. The number of carbonyl (C=O) groups is 1. The number of rotatable bonds is 14. The van der Waals surface area contributed by atoms with Crippen LogP contribution < -0.4 is 19.5 Å². The van der Waals surface area contributed by atoms with Crippen molar-refractivity contribution in [3.05, 3.63) is 54.1 Å². The second-order valence-corrected chi connectivity index (χ2v) is 7.24. The van der Waals surface area contributed by atoms with E-state index in [1.165, 1.54) is 18.9 Å². The molecule has 0 bridgehead atoms. The largest absolute Gasteiger partial charge is 0.494 e. The van der Waals surface area contributed by atoms with Gasteiger partial charge in [0.05, 0.1) is 19.8 Å². The summed E-state index contributed by atoms with van der Waals surface area (Å²) in [5.41, 5.74) is 1.60. The van der Waals surface area contributed by atoms with Crippen LogP contribution in [0.2, 0.25) is 0 Å². The third kappa shape index (κ3) is 9.16. The summed E-state index contributed by atoms with van der Waals surface area (Å²) in [6.45, 7) is 8.17. The number of unbranched alkanes of at least 4 members (excludes halogenated alkanes) is 3. The number of benzene rings is 2. The van der Waals surface area contributed by atoms with E-state index in [-0.39, 0.29) is 5.91 Å². The van der Waals surface area contributed by atoms with Crippen LogP contribution in [-0.4, -0.2) is 25.7 Å². The summed E-state index contributed by atoms with van der Waals surface area (Å²) in [4.78, 5) is 12.3. The number of anilines is 1. The summed E-state index contributed by atoms with van der Waals surface area (Å²) >= 11 is 0. The number of hydrogen-bond donors (Lipinski definition) is 1. The minimum absolute atomic E-state index is 0.196. The van der Waals surface area contributed by atoms with Gasteiger partial charge in [-0.3, -0.25) is 4.79 Å². The molecule has 0 spiro atoms. The fourth-order valence-electron chi connectivity index (χ4n) is 2.87. The van der Waals surface area contributed by atoms with E-state index in [4.69, 9.17) is 14.2 Å². The zero-order valence-electron chi connectivity index (χ0n) is 19.0. The van der Waals surface area contributed by atoms with E-state index in [1.54, 1.807) is 6.08 Å². The highest BCUT2D eigenvalue weighted by molar-refractivity contribution is 6.01. The molecule has 0 aliphatic heterocycles. The maximum atomic E-state index is 12.3. The highest BCUT2D eigenvalue weighted by Gasteiger charge is 2.06. The molecule has 31 heavy (non-hydrogen) atoms. The predicted molar refractivity (Wildman–Crippen MR) is 127 cm³/mol. The topological polar surface area (TPSA) is 56.8 Å². The molecule has 1 N–H and O–H groups in total. The van der Waals surface area contributed by atoms with Crippen LogP contribution in [0.25, 0.3) is 6.08 Å². The van der Waals surface area contributed by atoms with Gasteiger partial charge in [-0.15, -0.1) is 0 Å². The van der Waals surface area contributed by atoms with E-state index < -0.39 is 0 Å². The Hall–Kier alpha value is -2.95. The quantitative estimate of drug-likeness (QED) is 0.278. The molecule has 1 amide bonds. The molecule has 2 rings (SSSR count). The molecule has 0 aliphatic rings. The molecular formula is C26H35NO4. The van der Waals surface area contributed by atoms with Gasteiger partial charge in [-0.05, 0) is 67.8 Å². The monoisotopic (exact) mass is 425 g/mol. The van der Waals surface area contributed by atoms with Crippen LogP contribution in [0.1, 0.15) is 58.4 Å². The Morgan fingerprint density at radius 1 is 0.839 bits per heavy atom. The summed E-state index contributed by atoms with van der Waals surface area (Å²) in [7, 11) is 0. The minimum Gasteiger partial charge on any atom is -0.494 e. The second-order valence-electron chi connectivity index (χ2n) is 7.24. The Balaban J connectivity index is 1.90. The molecule has 0 aliphatic carbocycles. The van der Waals surface area contributed by atoms with Crippen molar-refractivity contribution in [1.29, 1.82) is 0 Å². The lowest BCUT2D eigenvalue weighted by Crippen LogP contribution is -2.07. The van der Waals surface area contributed by atoms with Gasteiger partial charge in [0, 0.05) is 11.8 Å². The fraction of sp³-hybridized carbons (Fsp3) is 0.423. The third-order valence-corrected chi connectivity index (χ3v) is 4.59. The molecule has 2 aromatic carbocycles. The van der Waals surface area contributed by atoms with E-state index >= 15 is 0 Å². The van der Waals surface area contributed by atoms with Crippen LogP contribution in [0, 0.1) is 0 Å². The number of amides is 1. The Bertz CT molecular complexity index is 815.